The van der Waals surface area contributed by atoms with Gasteiger partial charge in [0.05, 0.1) is 17.5 Å². The lowest BCUT2D eigenvalue weighted by molar-refractivity contribution is -0.115. The first-order valence-electron chi connectivity index (χ1n) is 9.07. The Balaban J connectivity index is 1.70. The molecule has 0 unspecified atom stereocenters. The zero-order valence-electron chi connectivity index (χ0n) is 16.3. The molecule has 9 heteroatoms. The van der Waals surface area contributed by atoms with E-state index in [1.807, 2.05) is 53.6 Å². The largest absolute Gasteiger partial charge is 0.310 e. The average Bonchev–Trinajstić information content (AvgIpc) is 3.29. The van der Waals surface area contributed by atoms with Gasteiger partial charge >= 0.3 is 0 Å². The molecule has 0 aliphatic carbocycles. The quantitative estimate of drug-likeness (QED) is 0.574. The van der Waals surface area contributed by atoms with E-state index < -0.39 is 0 Å². The van der Waals surface area contributed by atoms with Gasteiger partial charge in [-0.05, 0) is 44.5 Å². The normalized spacial score (nSPS) is 13.3. The summed E-state index contributed by atoms with van der Waals surface area (Å²) >= 11 is 7.31. The van der Waals surface area contributed by atoms with Crippen molar-refractivity contribution in [2.24, 2.45) is 7.05 Å². The summed E-state index contributed by atoms with van der Waals surface area (Å²) in [5.74, 6) is 1.32. The van der Waals surface area contributed by atoms with Gasteiger partial charge in [-0.25, -0.2) is 4.68 Å². The standard InChI is InChI=1S/C19H23ClN6OS/c1-5-12(2)26-16(10-11-21-26)22-18(27)13(3)28-19-24-23-17(25(19)4)14-6-8-15(20)9-7-14/h6-13H,5H2,1-4H3,(H,22,27)/t12-,13+/m0/s1. The molecule has 7 nitrogen and oxygen atoms in total. The number of hydrogen-bond acceptors (Lipinski definition) is 5. The summed E-state index contributed by atoms with van der Waals surface area (Å²) in [6.45, 7) is 6.00. The van der Waals surface area contributed by atoms with E-state index >= 15 is 0 Å². The smallest absolute Gasteiger partial charge is 0.238 e. The zero-order chi connectivity index (χ0) is 20.3. The maximum absolute atomic E-state index is 12.7. The fourth-order valence-electron chi connectivity index (χ4n) is 2.64. The van der Waals surface area contributed by atoms with Gasteiger partial charge in [0.2, 0.25) is 5.91 Å². The molecule has 2 atom stereocenters. The Morgan fingerprint density at radius 3 is 2.61 bits per heavy atom. The van der Waals surface area contributed by atoms with Gasteiger partial charge in [0.25, 0.3) is 0 Å². The van der Waals surface area contributed by atoms with Crippen molar-refractivity contribution in [2.45, 2.75) is 43.6 Å². The maximum Gasteiger partial charge on any atom is 0.238 e. The van der Waals surface area contributed by atoms with Gasteiger partial charge in [0.1, 0.15) is 5.82 Å². The molecule has 2 heterocycles. The van der Waals surface area contributed by atoms with Crippen molar-refractivity contribution in [1.29, 1.82) is 0 Å². The van der Waals surface area contributed by atoms with Gasteiger partial charge in [-0.15, -0.1) is 10.2 Å². The minimum atomic E-state index is -0.346. The first kappa shape index (κ1) is 20.4. The lowest BCUT2D eigenvalue weighted by Gasteiger charge is -2.16. The molecule has 3 rings (SSSR count). The fourth-order valence-corrected chi connectivity index (χ4v) is 3.59. The molecule has 3 aromatic rings. The molecular weight excluding hydrogens is 396 g/mol. The monoisotopic (exact) mass is 418 g/mol. The van der Waals surface area contributed by atoms with Crippen LogP contribution in [-0.2, 0) is 11.8 Å². The number of carbonyl (C=O) groups excluding carboxylic acids is 1. The molecule has 0 spiro atoms. The van der Waals surface area contributed by atoms with Crippen molar-refractivity contribution >= 4 is 35.1 Å². The van der Waals surface area contributed by atoms with Crippen molar-refractivity contribution in [3.05, 3.63) is 41.6 Å². The number of benzene rings is 1. The van der Waals surface area contributed by atoms with Crippen LogP contribution in [-0.4, -0.2) is 35.7 Å². The van der Waals surface area contributed by atoms with E-state index in [0.717, 1.165) is 17.8 Å². The molecule has 0 radical (unpaired) electrons. The topological polar surface area (TPSA) is 77.6 Å². The van der Waals surface area contributed by atoms with E-state index in [2.05, 4.69) is 34.5 Å². The maximum atomic E-state index is 12.7. The number of halogens is 1. The molecule has 0 fully saturated rings. The van der Waals surface area contributed by atoms with E-state index in [1.54, 1.807) is 6.20 Å². The highest BCUT2D eigenvalue weighted by Crippen LogP contribution is 2.27. The van der Waals surface area contributed by atoms with Crippen LogP contribution in [0, 0.1) is 0 Å². The second kappa shape index (κ2) is 8.79. The molecule has 2 aromatic heterocycles. The van der Waals surface area contributed by atoms with E-state index in [9.17, 15) is 4.79 Å². The first-order valence-corrected chi connectivity index (χ1v) is 10.3. The second-order valence-electron chi connectivity index (χ2n) is 6.54. The summed E-state index contributed by atoms with van der Waals surface area (Å²) < 4.78 is 3.71. The number of amides is 1. The molecular formula is C19H23ClN6OS. The predicted molar refractivity (Wildman–Crippen MR) is 113 cm³/mol. The van der Waals surface area contributed by atoms with E-state index in [4.69, 9.17) is 11.6 Å². The summed E-state index contributed by atoms with van der Waals surface area (Å²) in [5.41, 5.74) is 0.917. The average molecular weight is 419 g/mol. The number of aromatic nitrogens is 5. The molecule has 148 valence electrons. The third-order valence-electron chi connectivity index (χ3n) is 4.52. The molecule has 28 heavy (non-hydrogen) atoms. The molecule has 0 bridgehead atoms. The molecule has 1 aromatic carbocycles. The van der Waals surface area contributed by atoms with Crippen molar-refractivity contribution in [1.82, 2.24) is 24.5 Å². The fraction of sp³-hybridized carbons (Fsp3) is 0.368. The second-order valence-corrected chi connectivity index (χ2v) is 8.28. The SMILES string of the molecule is CC[C@H](C)n1nccc1NC(=O)[C@@H](C)Sc1nnc(-c2ccc(Cl)cc2)n1C. The van der Waals surface area contributed by atoms with Crippen LogP contribution in [0.2, 0.25) is 5.02 Å². The third kappa shape index (κ3) is 4.39. The Hall–Kier alpha value is -2.32. The van der Waals surface area contributed by atoms with Crippen molar-refractivity contribution in [3.63, 3.8) is 0 Å². The summed E-state index contributed by atoms with van der Waals surface area (Å²) in [5, 5.41) is 16.7. The van der Waals surface area contributed by atoms with Crippen LogP contribution >= 0.6 is 23.4 Å². The minimum absolute atomic E-state index is 0.105. The van der Waals surface area contributed by atoms with Crippen LogP contribution in [0.1, 0.15) is 33.2 Å². The number of nitrogens with one attached hydrogen (secondary N) is 1. The molecule has 1 N–H and O–H groups in total. The third-order valence-corrected chi connectivity index (χ3v) is 5.90. The van der Waals surface area contributed by atoms with Crippen LogP contribution in [0.5, 0.6) is 0 Å². The van der Waals surface area contributed by atoms with Gasteiger partial charge in [-0.3, -0.25) is 4.79 Å². The predicted octanol–water partition coefficient (Wildman–Crippen LogP) is 4.42. The Morgan fingerprint density at radius 2 is 1.93 bits per heavy atom. The van der Waals surface area contributed by atoms with E-state index in [0.29, 0.717) is 16.0 Å². The lowest BCUT2D eigenvalue weighted by atomic mass is 10.2. The molecule has 0 saturated heterocycles. The van der Waals surface area contributed by atoms with Crippen LogP contribution in [0.15, 0.2) is 41.7 Å². The van der Waals surface area contributed by atoms with Crippen molar-refractivity contribution in [3.8, 4) is 11.4 Å². The number of nitrogens with zero attached hydrogens (tertiary/aromatic N) is 5. The molecule has 0 aliphatic rings. The minimum Gasteiger partial charge on any atom is -0.310 e. The Bertz CT molecular complexity index is 952. The van der Waals surface area contributed by atoms with Gasteiger partial charge in [-0.1, -0.05) is 30.3 Å². The number of thioether (sulfide) groups is 1. The number of rotatable bonds is 7. The summed E-state index contributed by atoms with van der Waals surface area (Å²) in [6.07, 6.45) is 2.63. The first-order chi connectivity index (χ1) is 13.4. The van der Waals surface area contributed by atoms with Crippen LogP contribution in [0.3, 0.4) is 0 Å². The lowest BCUT2D eigenvalue weighted by Crippen LogP contribution is -2.25. The number of carbonyl (C=O) groups is 1. The Labute approximate surface area is 173 Å². The molecule has 1 amide bonds. The highest BCUT2D eigenvalue weighted by Gasteiger charge is 2.21. The Morgan fingerprint density at radius 1 is 1.21 bits per heavy atom. The van der Waals surface area contributed by atoms with E-state index in [1.165, 1.54) is 11.8 Å². The highest BCUT2D eigenvalue weighted by atomic mass is 35.5. The highest BCUT2D eigenvalue weighted by molar-refractivity contribution is 8.00. The van der Waals surface area contributed by atoms with Gasteiger partial charge in [-0.2, -0.15) is 5.10 Å². The molecule has 0 aliphatic heterocycles. The number of anilines is 1. The number of hydrogen-bond donors (Lipinski definition) is 1. The van der Waals surface area contributed by atoms with Crippen LogP contribution in [0.4, 0.5) is 5.82 Å². The van der Waals surface area contributed by atoms with Gasteiger partial charge in [0.15, 0.2) is 11.0 Å². The van der Waals surface area contributed by atoms with E-state index in [-0.39, 0.29) is 17.2 Å². The summed E-state index contributed by atoms with van der Waals surface area (Å²) in [6, 6.07) is 9.44. The van der Waals surface area contributed by atoms with Crippen molar-refractivity contribution < 1.29 is 4.79 Å². The Kier molecular flexibility index (Phi) is 6.41. The molecule has 0 saturated carbocycles. The van der Waals surface area contributed by atoms with Gasteiger partial charge < -0.3 is 9.88 Å². The summed E-state index contributed by atoms with van der Waals surface area (Å²) in [4.78, 5) is 12.7. The van der Waals surface area contributed by atoms with Crippen LogP contribution < -0.4 is 5.32 Å². The summed E-state index contributed by atoms with van der Waals surface area (Å²) in [7, 11) is 1.88. The van der Waals surface area contributed by atoms with Crippen LogP contribution in [0.25, 0.3) is 11.4 Å². The zero-order valence-corrected chi connectivity index (χ0v) is 17.8. The van der Waals surface area contributed by atoms with Crippen molar-refractivity contribution in [2.75, 3.05) is 5.32 Å². The van der Waals surface area contributed by atoms with Gasteiger partial charge in [0, 0.05) is 23.7 Å².